The van der Waals surface area contributed by atoms with Crippen LogP contribution in [0.1, 0.15) is 0 Å². The van der Waals surface area contributed by atoms with Crippen LogP contribution in [0, 0.1) is 5.82 Å². The smallest absolute Gasteiger partial charge is 0.264 e. The van der Waals surface area contributed by atoms with E-state index in [-0.39, 0.29) is 10.7 Å². The number of anilines is 1. The molecule has 4 nitrogen and oxygen atoms in total. The third-order valence-electron chi connectivity index (χ3n) is 2.50. The molecule has 0 bridgehead atoms. The maximum absolute atomic E-state index is 13.6. The number of halogens is 2. The maximum Gasteiger partial charge on any atom is 0.264 e. The van der Waals surface area contributed by atoms with Crippen LogP contribution in [0.4, 0.5) is 10.1 Å². The molecular formula is C13H11ClFNO3S. The lowest BCUT2D eigenvalue weighted by molar-refractivity contribution is 0.415. The highest BCUT2D eigenvalue weighted by Gasteiger charge is 2.19. The molecule has 2 aromatic carbocycles. The van der Waals surface area contributed by atoms with Crippen molar-refractivity contribution in [2.45, 2.75) is 4.90 Å². The van der Waals surface area contributed by atoms with Crippen molar-refractivity contribution >= 4 is 27.3 Å². The minimum absolute atomic E-state index is 0.136. The van der Waals surface area contributed by atoms with Crippen molar-refractivity contribution in [1.82, 2.24) is 0 Å². The number of nitrogens with one attached hydrogen (secondary N) is 1. The van der Waals surface area contributed by atoms with Crippen LogP contribution in [0.2, 0.25) is 5.02 Å². The summed E-state index contributed by atoms with van der Waals surface area (Å²) >= 11 is 5.69. The monoisotopic (exact) mass is 315 g/mol. The van der Waals surface area contributed by atoms with Crippen LogP contribution in [-0.4, -0.2) is 15.5 Å². The van der Waals surface area contributed by atoms with Crippen molar-refractivity contribution in [2.24, 2.45) is 0 Å². The molecular weight excluding hydrogens is 305 g/mol. The van der Waals surface area contributed by atoms with Gasteiger partial charge in [0.05, 0.1) is 12.8 Å². The summed E-state index contributed by atoms with van der Waals surface area (Å²) in [6.07, 6.45) is 0. The van der Waals surface area contributed by atoms with Crippen LogP contribution >= 0.6 is 11.6 Å². The lowest BCUT2D eigenvalue weighted by Crippen LogP contribution is -2.14. The van der Waals surface area contributed by atoms with Gasteiger partial charge in [-0.15, -0.1) is 0 Å². The number of hydrogen-bond acceptors (Lipinski definition) is 3. The van der Waals surface area contributed by atoms with Crippen LogP contribution in [0.5, 0.6) is 5.75 Å². The highest BCUT2D eigenvalue weighted by Crippen LogP contribution is 2.24. The average Bonchev–Trinajstić information content (AvgIpc) is 2.41. The first-order valence-corrected chi connectivity index (χ1v) is 7.40. The molecule has 0 aliphatic carbocycles. The SMILES string of the molecule is COc1cccc(NS(=O)(=O)c2cc(Cl)ccc2F)c1. The molecule has 2 aromatic rings. The van der Waals surface area contributed by atoms with E-state index >= 15 is 0 Å². The highest BCUT2D eigenvalue weighted by molar-refractivity contribution is 7.92. The summed E-state index contributed by atoms with van der Waals surface area (Å²) < 4.78 is 45.1. The molecule has 7 heteroatoms. The summed E-state index contributed by atoms with van der Waals surface area (Å²) in [5.74, 6) is -0.387. The van der Waals surface area contributed by atoms with E-state index in [4.69, 9.17) is 16.3 Å². The van der Waals surface area contributed by atoms with E-state index in [2.05, 4.69) is 4.72 Å². The van der Waals surface area contributed by atoms with E-state index in [0.717, 1.165) is 12.1 Å². The molecule has 106 valence electrons. The molecule has 0 saturated heterocycles. The molecule has 20 heavy (non-hydrogen) atoms. The number of hydrogen-bond donors (Lipinski definition) is 1. The van der Waals surface area contributed by atoms with Gasteiger partial charge in [-0.05, 0) is 30.3 Å². The first kappa shape index (κ1) is 14.6. The van der Waals surface area contributed by atoms with Gasteiger partial charge in [0.15, 0.2) is 0 Å². The molecule has 2 rings (SSSR count). The molecule has 0 aliphatic heterocycles. The quantitative estimate of drug-likeness (QED) is 0.942. The number of benzene rings is 2. The molecule has 0 atom stereocenters. The normalized spacial score (nSPS) is 11.2. The van der Waals surface area contributed by atoms with Gasteiger partial charge in [-0.1, -0.05) is 17.7 Å². The predicted octanol–water partition coefficient (Wildman–Crippen LogP) is 3.29. The topological polar surface area (TPSA) is 55.4 Å². The molecule has 0 saturated carbocycles. The second-order valence-electron chi connectivity index (χ2n) is 3.91. The van der Waals surface area contributed by atoms with Gasteiger partial charge in [0.1, 0.15) is 16.5 Å². The fraction of sp³-hybridized carbons (Fsp3) is 0.0769. The molecule has 0 unspecified atom stereocenters. The fourth-order valence-corrected chi connectivity index (χ4v) is 2.97. The predicted molar refractivity (Wildman–Crippen MR) is 75.2 cm³/mol. The average molecular weight is 316 g/mol. The van der Waals surface area contributed by atoms with E-state index < -0.39 is 20.7 Å². The van der Waals surface area contributed by atoms with Gasteiger partial charge in [-0.2, -0.15) is 0 Å². The number of ether oxygens (including phenoxy) is 1. The van der Waals surface area contributed by atoms with E-state index in [0.29, 0.717) is 5.75 Å². The standard InChI is InChI=1S/C13H11ClFNO3S/c1-19-11-4-2-3-10(8-11)16-20(17,18)13-7-9(14)5-6-12(13)15/h2-8,16H,1H3. The Bertz CT molecular complexity index is 734. The van der Waals surface area contributed by atoms with Crippen molar-refractivity contribution in [2.75, 3.05) is 11.8 Å². The van der Waals surface area contributed by atoms with Crippen LogP contribution < -0.4 is 9.46 Å². The summed E-state index contributed by atoms with van der Waals surface area (Å²) in [7, 11) is -2.59. The Kier molecular flexibility index (Phi) is 4.15. The first-order valence-electron chi connectivity index (χ1n) is 5.54. The summed E-state index contributed by atoms with van der Waals surface area (Å²) in [6, 6.07) is 9.63. The second-order valence-corrected chi connectivity index (χ2v) is 6.00. The van der Waals surface area contributed by atoms with Gasteiger partial charge >= 0.3 is 0 Å². The summed E-state index contributed by atoms with van der Waals surface area (Å²) in [6.45, 7) is 0. The van der Waals surface area contributed by atoms with Crippen LogP contribution in [0.3, 0.4) is 0 Å². The minimum Gasteiger partial charge on any atom is -0.497 e. The lowest BCUT2D eigenvalue weighted by atomic mass is 10.3. The number of sulfonamides is 1. The van der Waals surface area contributed by atoms with Gasteiger partial charge in [-0.25, -0.2) is 12.8 Å². The second kappa shape index (κ2) is 5.68. The van der Waals surface area contributed by atoms with E-state index in [1.54, 1.807) is 12.1 Å². The Morgan fingerprint density at radius 2 is 1.95 bits per heavy atom. The molecule has 1 N–H and O–H groups in total. The van der Waals surface area contributed by atoms with Crippen molar-refractivity contribution in [3.05, 3.63) is 53.3 Å². The molecule has 0 fully saturated rings. The largest absolute Gasteiger partial charge is 0.497 e. The Hall–Kier alpha value is -1.79. The molecule has 0 amide bonds. The molecule has 0 aliphatic rings. The van der Waals surface area contributed by atoms with Gasteiger partial charge in [0.25, 0.3) is 10.0 Å². The lowest BCUT2D eigenvalue weighted by Gasteiger charge is -2.10. The molecule has 0 spiro atoms. The summed E-state index contributed by atoms with van der Waals surface area (Å²) in [5, 5.41) is 0.136. The Labute approximate surface area is 121 Å². The first-order chi connectivity index (χ1) is 9.42. The summed E-state index contributed by atoms with van der Waals surface area (Å²) in [5.41, 5.74) is 0.267. The van der Waals surface area contributed by atoms with Gasteiger partial charge in [0.2, 0.25) is 0 Å². The van der Waals surface area contributed by atoms with Crippen molar-refractivity contribution in [3.8, 4) is 5.75 Å². The van der Waals surface area contributed by atoms with Gasteiger partial charge in [0, 0.05) is 11.1 Å². The zero-order chi connectivity index (χ0) is 14.8. The van der Waals surface area contributed by atoms with Crippen LogP contribution in [-0.2, 0) is 10.0 Å². The summed E-state index contributed by atoms with van der Waals surface area (Å²) in [4.78, 5) is -0.507. The van der Waals surface area contributed by atoms with Crippen molar-refractivity contribution < 1.29 is 17.5 Å². The fourth-order valence-electron chi connectivity index (χ4n) is 1.58. The minimum atomic E-state index is -4.06. The third kappa shape index (κ3) is 3.20. The van der Waals surface area contributed by atoms with Crippen LogP contribution in [0.25, 0.3) is 0 Å². The van der Waals surface area contributed by atoms with E-state index in [1.807, 2.05) is 0 Å². The van der Waals surface area contributed by atoms with Gasteiger partial charge in [-0.3, -0.25) is 4.72 Å². The van der Waals surface area contributed by atoms with E-state index in [9.17, 15) is 12.8 Å². The van der Waals surface area contributed by atoms with Gasteiger partial charge < -0.3 is 4.74 Å². The number of methoxy groups -OCH3 is 1. The maximum atomic E-state index is 13.6. The van der Waals surface area contributed by atoms with Crippen LogP contribution in [0.15, 0.2) is 47.4 Å². The molecule has 0 heterocycles. The third-order valence-corrected chi connectivity index (χ3v) is 4.14. The Morgan fingerprint density at radius 3 is 2.65 bits per heavy atom. The zero-order valence-corrected chi connectivity index (χ0v) is 12.0. The molecule has 0 radical (unpaired) electrons. The zero-order valence-electron chi connectivity index (χ0n) is 10.4. The Morgan fingerprint density at radius 1 is 1.20 bits per heavy atom. The Balaban J connectivity index is 2.38. The van der Waals surface area contributed by atoms with E-state index in [1.165, 1.54) is 25.3 Å². The van der Waals surface area contributed by atoms with Crippen molar-refractivity contribution in [1.29, 1.82) is 0 Å². The highest BCUT2D eigenvalue weighted by atomic mass is 35.5. The molecule has 0 aromatic heterocycles. The number of rotatable bonds is 4. The van der Waals surface area contributed by atoms with Crippen molar-refractivity contribution in [3.63, 3.8) is 0 Å².